The Balaban J connectivity index is 1.97. The first-order valence-electron chi connectivity index (χ1n) is 7.26. The van der Waals surface area contributed by atoms with Crippen molar-refractivity contribution in [3.8, 4) is 11.9 Å². The molecule has 0 N–H and O–H groups in total. The molecule has 0 spiro atoms. The van der Waals surface area contributed by atoms with Crippen molar-refractivity contribution in [2.45, 2.75) is 18.9 Å². The van der Waals surface area contributed by atoms with Crippen LogP contribution in [0.5, 0.6) is 5.88 Å². The van der Waals surface area contributed by atoms with E-state index in [1.165, 1.54) is 0 Å². The number of nitriles is 1. The monoisotopic (exact) mass is 287 g/mol. The van der Waals surface area contributed by atoms with E-state index in [2.05, 4.69) is 16.5 Å². The Hall–Kier alpha value is -1.90. The van der Waals surface area contributed by atoms with Crippen LogP contribution in [-0.4, -0.2) is 48.8 Å². The number of morpholine rings is 1. The van der Waals surface area contributed by atoms with Crippen molar-refractivity contribution in [1.29, 1.82) is 5.26 Å². The predicted molar refractivity (Wildman–Crippen MR) is 80.1 cm³/mol. The molecule has 2 rings (SSSR count). The number of aromatic nitrogens is 1. The van der Waals surface area contributed by atoms with E-state index in [-0.39, 0.29) is 6.10 Å². The molecular weight excluding hydrogens is 266 g/mol. The normalized spacial score (nSPS) is 16.9. The van der Waals surface area contributed by atoms with Gasteiger partial charge in [0.1, 0.15) is 17.9 Å². The van der Waals surface area contributed by atoms with Crippen molar-refractivity contribution in [3.63, 3.8) is 0 Å². The van der Waals surface area contributed by atoms with E-state index in [4.69, 9.17) is 14.7 Å². The van der Waals surface area contributed by atoms with Gasteiger partial charge in [0.15, 0.2) is 0 Å². The van der Waals surface area contributed by atoms with Crippen molar-refractivity contribution in [2.75, 3.05) is 32.8 Å². The van der Waals surface area contributed by atoms with Crippen LogP contribution in [0, 0.1) is 11.3 Å². The molecule has 0 saturated carbocycles. The molecular formula is C16H21N3O2. The van der Waals surface area contributed by atoms with Crippen molar-refractivity contribution in [2.24, 2.45) is 0 Å². The van der Waals surface area contributed by atoms with Gasteiger partial charge in [0.2, 0.25) is 5.88 Å². The zero-order valence-electron chi connectivity index (χ0n) is 12.2. The summed E-state index contributed by atoms with van der Waals surface area (Å²) in [4.78, 5) is 6.52. The van der Waals surface area contributed by atoms with E-state index in [0.717, 1.165) is 45.7 Å². The number of hydrogen-bond donors (Lipinski definition) is 0. The Morgan fingerprint density at radius 2 is 2.29 bits per heavy atom. The largest absolute Gasteiger partial charge is 0.473 e. The summed E-state index contributed by atoms with van der Waals surface area (Å²) in [6.07, 6.45) is 3.73. The minimum Gasteiger partial charge on any atom is -0.473 e. The summed E-state index contributed by atoms with van der Waals surface area (Å²) in [7, 11) is 0. The molecule has 112 valence electrons. The highest BCUT2D eigenvalue weighted by Crippen LogP contribution is 2.14. The minimum atomic E-state index is 0.0440. The highest BCUT2D eigenvalue weighted by Gasteiger charge is 2.18. The number of nitrogens with zero attached hydrogens (tertiary/aromatic N) is 3. The van der Waals surface area contributed by atoms with Crippen LogP contribution >= 0.6 is 0 Å². The third-order valence-electron chi connectivity index (χ3n) is 3.38. The Morgan fingerprint density at radius 3 is 3.00 bits per heavy atom. The third kappa shape index (κ3) is 5.18. The smallest absolute Gasteiger partial charge is 0.214 e. The van der Waals surface area contributed by atoms with E-state index >= 15 is 0 Å². The average molecular weight is 287 g/mol. The molecule has 0 radical (unpaired) electrons. The standard InChI is InChI=1S/C16H21N3O2/c1-2-3-6-15(13-19-8-10-20-11-9-19)21-16-7-4-5-14(12-17)18-16/h2,4-5,7,15H,1,3,6,8-11,13H2/t15-/m1/s1. The fourth-order valence-electron chi connectivity index (χ4n) is 2.28. The van der Waals surface area contributed by atoms with Crippen LogP contribution in [0.2, 0.25) is 0 Å². The second-order valence-electron chi connectivity index (χ2n) is 4.99. The Bertz CT molecular complexity index is 493. The molecule has 0 aliphatic carbocycles. The Labute approximate surface area is 125 Å². The lowest BCUT2D eigenvalue weighted by Crippen LogP contribution is -2.42. The molecule has 1 atom stereocenters. The zero-order valence-corrected chi connectivity index (χ0v) is 12.2. The molecule has 1 fully saturated rings. The molecule has 5 nitrogen and oxygen atoms in total. The van der Waals surface area contributed by atoms with Crippen molar-refractivity contribution < 1.29 is 9.47 Å². The van der Waals surface area contributed by atoms with E-state index in [1.54, 1.807) is 18.2 Å². The van der Waals surface area contributed by atoms with E-state index < -0.39 is 0 Å². The van der Waals surface area contributed by atoms with Crippen molar-refractivity contribution in [1.82, 2.24) is 9.88 Å². The van der Waals surface area contributed by atoms with Gasteiger partial charge in [-0.05, 0) is 18.9 Å². The molecule has 1 saturated heterocycles. The molecule has 1 aromatic heterocycles. The molecule has 21 heavy (non-hydrogen) atoms. The van der Waals surface area contributed by atoms with Crippen LogP contribution in [0.3, 0.4) is 0 Å². The molecule has 1 aromatic rings. The summed E-state index contributed by atoms with van der Waals surface area (Å²) in [5.74, 6) is 0.511. The maximum Gasteiger partial charge on any atom is 0.214 e. The van der Waals surface area contributed by atoms with Gasteiger partial charge in [0.25, 0.3) is 0 Å². The zero-order chi connectivity index (χ0) is 14.9. The summed E-state index contributed by atoms with van der Waals surface area (Å²) in [5, 5.41) is 8.90. The first-order valence-corrected chi connectivity index (χ1v) is 7.26. The predicted octanol–water partition coefficient (Wildman–Crippen LogP) is 2.00. The summed E-state index contributed by atoms with van der Waals surface area (Å²) in [6, 6.07) is 7.29. The van der Waals surface area contributed by atoms with Gasteiger partial charge < -0.3 is 9.47 Å². The van der Waals surface area contributed by atoms with Crippen LogP contribution in [0.1, 0.15) is 18.5 Å². The van der Waals surface area contributed by atoms with Gasteiger partial charge in [0.05, 0.1) is 13.2 Å². The first-order chi connectivity index (χ1) is 10.3. The lowest BCUT2D eigenvalue weighted by atomic mass is 10.1. The van der Waals surface area contributed by atoms with Gasteiger partial charge in [-0.2, -0.15) is 5.26 Å². The van der Waals surface area contributed by atoms with Gasteiger partial charge >= 0.3 is 0 Å². The van der Waals surface area contributed by atoms with Crippen LogP contribution < -0.4 is 4.74 Å². The second-order valence-corrected chi connectivity index (χ2v) is 4.99. The fourth-order valence-corrected chi connectivity index (χ4v) is 2.28. The minimum absolute atomic E-state index is 0.0440. The molecule has 2 heterocycles. The van der Waals surface area contributed by atoms with Crippen LogP contribution in [0.4, 0.5) is 0 Å². The van der Waals surface area contributed by atoms with Crippen molar-refractivity contribution in [3.05, 3.63) is 36.5 Å². The number of ether oxygens (including phenoxy) is 2. The molecule has 0 unspecified atom stereocenters. The molecule has 0 bridgehead atoms. The first kappa shape index (κ1) is 15.5. The lowest BCUT2D eigenvalue weighted by Gasteiger charge is -2.30. The van der Waals surface area contributed by atoms with Crippen LogP contribution in [0.25, 0.3) is 0 Å². The maximum atomic E-state index is 8.90. The topological polar surface area (TPSA) is 58.4 Å². The SMILES string of the molecule is C=CCC[C@H](CN1CCOCC1)Oc1cccc(C#N)n1. The number of hydrogen-bond acceptors (Lipinski definition) is 5. The van der Waals surface area contributed by atoms with Gasteiger partial charge in [0, 0.05) is 25.7 Å². The molecule has 5 heteroatoms. The van der Waals surface area contributed by atoms with Crippen LogP contribution in [0.15, 0.2) is 30.9 Å². The molecule has 0 aromatic carbocycles. The van der Waals surface area contributed by atoms with E-state index in [9.17, 15) is 0 Å². The fraction of sp³-hybridized carbons (Fsp3) is 0.500. The summed E-state index contributed by atoms with van der Waals surface area (Å²) in [6.45, 7) is 8.02. The Kier molecular flexibility index (Phi) is 6.20. The van der Waals surface area contributed by atoms with E-state index in [1.807, 2.05) is 12.1 Å². The number of rotatable bonds is 7. The van der Waals surface area contributed by atoms with Gasteiger partial charge in [-0.1, -0.05) is 12.1 Å². The third-order valence-corrected chi connectivity index (χ3v) is 3.38. The van der Waals surface area contributed by atoms with Gasteiger partial charge in [-0.3, -0.25) is 4.90 Å². The number of pyridine rings is 1. The highest BCUT2D eigenvalue weighted by atomic mass is 16.5. The van der Waals surface area contributed by atoms with E-state index in [0.29, 0.717) is 11.6 Å². The molecule has 1 aliphatic rings. The average Bonchev–Trinajstić information content (AvgIpc) is 2.54. The van der Waals surface area contributed by atoms with Crippen LogP contribution in [-0.2, 0) is 4.74 Å². The lowest BCUT2D eigenvalue weighted by molar-refractivity contribution is 0.0174. The number of allylic oxidation sites excluding steroid dienone is 1. The highest BCUT2D eigenvalue weighted by molar-refractivity contribution is 5.24. The summed E-state index contributed by atoms with van der Waals surface area (Å²) in [5.41, 5.74) is 0.376. The maximum absolute atomic E-state index is 8.90. The van der Waals surface area contributed by atoms with Crippen molar-refractivity contribution >= 4 is 0 Å². The van der Waals surface area contributed by atoms with Gasteiger partial charge in [-0.15, -0.1) is 6.58 Å². The molecule has 0 amide bonds. The summed E-state index contributed by atoms with van der Waals surface area (Å²) >= 11 is 0. The molecule has 1 aliphatic heterocycles. The quantitative estimate of drug-likeness (QED) is 0.718. The van der Waals surface area contributed by atoms with Gasteiger partial charge in [-0.25, -0.2) is 4.98 Å². The second kappa shape index (κ2) is 8.40. The summed E-state index contributed by atoms with van der Waals surface area (Å²) < 4.78 is 11.3. The Morgan fingerprint density at radius 1 is 1.48 bits per heavy atom.